The molecular weight excluding hydrogens is 514 g/mol. The molecule has 0 saturated heterocycles. The molecule has 11 heteroatoms. The van der Waals surface area contributed by atoms with Crippen LogP contribution in [0.2, 0.25) is 0 Å². The first-order valence-electron chi connectivity index (χ1n) is 13.7. The van der Waals surface area contributed by atoms with E-state index in [1.807, 2.05) is 7.05 Å². The fourth-order valence-corrected chi connectivity index (χ4v) is 3.62. The Morgan fingerprint density at radius 3 is 1.19 bits per heavy atom. The lowest BCUT2D eigenvalue weighted by Crippen LogP contribution is -2.50. The van der Waals surface area contributed by atoms with E-state index in [-0.39, 0.29) is 0 Å². The second-order valence-electron chi connectivity index (χ2n) is 9.73. The predicted molar refractivity (Wildman–Crippen MR) is 151 cm³/mol. The summed E-state index contributed by atoms with van der Waals surface area (Å²) in [6, 6.07) is 0. The Labute approximate surface area is 229 Å². The number of hydrogen-bond donors (Lipinski definition) is 0. The molecule has 1 aromatic heterocycles. The maximum Gasteiger partial charge on any atom is 0.243 e. The van der Waals surface area contributed by atoms with Gasteiger partial charge < -0.3 is 13.6 Å². The summed E-state index contributed by atoms with van der Waals surface area (Å²) in [5, 5.41) is 0. The smallest absolute Gasteiger partial charge is 0.243 e. The van der Waals surface area contributed by atoms with Crippen molar-refractivity contribution in [3.05, 3.63) is 18.7 Å². The van der Waals surface area contributed by atoms with Gasteiger partial charge in [0.2, 0.25) is 6.33 Å². The second-order valence-corrected chi connectivity index (χ2v) is 12.5. The molecule has 9 nitrogen and oxygen atoms in total. The molecule has 0 N–H and O–H groups in total. The standard InChI is InChI=1S/C16H36N.C8H15N2.2CH4O3S/c1-5-9-13-17(14-10-6-2,15-11-7-3)16-12-8-4;1-3-4-5-10-7-6-9(2)8-10;2*1-5(2,3)4/h5-16H2,1-4H3;6-8H,3-5H2,1-2H3;2*1H3,(H,2,3,4)/q2*+1;;/p-2. The van der Waals surface area contributed by atoms with Crippen molar-refractivity contribution in [3.8, 4) is 0 Å². The van der Waals surface area contributed by atoms with Gasteiger partial charge in [-0.1, -0.05) is 66.7 Å². The first-order valence-corrected chi connectivity index (χ1v) is 17.4. The molecule has 0 atom stereocenters. The molecule has 0 aromatic carbocycles. The van der Waals surface area contributed by atoms with E-state index < -0.39 is 20.2 Å². The van der Waals surface area contributed by atoms with E-state index in [1.54, 1.807) is 0 Å². The molecule has 0 radical (unpaired) electrons. The van der Waals surface area contributed by atoms with E-state index in [9.17, 15) is 0 Å². The predicted octanol–water partition coefficient (Wildman–Crippen LogP) is 4.44. The lowest BCUT2D eigenvalue weighted by atomic mass is 10.1. The van der Waals surface area contributed by atoms with Gasteiger partial charge in [0.1, 0.15) is 12.4 Å². The summed E-state index contributed by atoms with van der Waals surface area (Å²) in [4.78, 5) is 0. The van der Waals surface area contributed by atoms with Crippen LogP contribution in [0.5, 0.6) is 0 Å². The van der Waals surface area contributed by atoms with Crippen LogP contribution in [0.3, 0.4) is 0 Å². The zero-order valence-corrected chi connectivity index (χ0v) is 26.6. The Morgan fingerprint density at radius 2 is 0.973 bits per heavy atom. The highest BCUT2D eigenvalue weighted by atomic mass is 32.2. The Balaban J connectivity index is -0.000000483. The summed E-state index contributed by atoms with van der Waals surface area (Å²) in [6.07, 6.45) is 21.1. The lowest BCUT2D eigenvalue weighted by Gasteiger charge is -2.39. The van der Waals surface area contributed by atoms with Crippen molar-refractivity contribution in [1.82, 2.24) is 4.57 Å². The third-order valence-corrected chi connectivity index (χ3v) is 5.54. The summed E-state index contributed by atoms with van der Waals surface area (Å²) < 4.78 is 60.2. The van der Waals surface area contributed by atoms with Gasteiger partial charge in [0, 0.05) is 12.5 Å². The molecule has 224 valence electrons. The van der Waals surface area contributed by atoms with Gasteiger partial charge in [-0.15, -0.1) is 0 Å². The minimum absolute atomic E-state index is 0.604. The molecule has 0 bridgehead atoms. The fourth-order valence-electron chi connectivity index (χ4n) is 3.62. The molecule has 0 amide bonds. The zero-order chi connectivity index (χ0) is 29.4. The van der Waals surface area contributed by atoms with Crippen LogP contribution >= 0.6 is 0 Å². The minimum Gasteiger partial charge on any atom is -0.748 e. The Morgan fingerprint density at radius 1 is 0.676 bits per heavy atom. The third-order valence-electron chi connectivity index (χ3n) is 5.54. The molecule has 0 aliphatic heterocycles. The number of unbranched alkanes of at least 4 members (excludes halogenated alkanes) is 5. The van der Waals surface area contributed by atoms with Crippen molar-refractivity contribution in [1.29, 1.82) is 0 Å². The second kappa shape index (κ2) is 24.1. The van der Waals surface area contributed by atoms with Gasteiger partial charge in [-0.05, 0) is 32.1 Å². The summed E-state index contributed by atoms with van der Waals surface area (Å²) in [5.74, 6) is 0. The molecule has 0 aliphatic carbocycles. The number of hydrogen-bond acceptors (Lipinski definition) is 6. The molecule has 0 aliphatic rings. The minimum atomic E-state index is -3.92. The normalized spacial score (nSPS) is 11.4. The van der Waals surface area contributed by atoms with Gasteiger partial charge in [-0.3, -0.25) is 0 Å². The molecular formula is C26H57N3O6S2. The zero-order valence-electron chi connectivity index (χ0n) is 24.9. The van der Waals surface area contributed by atoms with Crippen molar-refractivity contribution < 1.29 is 35.0 Å². The van der Waals surface area contributed by atoms with Crippen LogP contribution in [0.25, 0.3) is 0 Å². The summed E-state index contributed by atoms with van der Waals surface area (Å²) in [5.41, 5.74) is 0. The highest BCUT2D eigenvalue weighted by Gasteiger charge is 2.24. The Bertz CT molecular complexity index is 757. The van der Waals surface area contributed by atoms with Gasteiger partial charge in [0.05, 0.1) is 60.0 Å². The molecule has 1 heterocycles. The average molecular weight is 572 g/mol. The van der Waals surface area contributed by atoms with Gasteiger partial charge in [0.25, 0.3) is 0 Å². The molecule has 1 rings (SSSR count). The molecule has 0 unspecified atom stereocenters. The van der Waals surface area contributed by atoms with Crippen molar-refractivity contribution in [3.63, 3.8) is 0 Å². The van der Waals surface area contributed by atoms with Gasteiger partial charge in [-0.2, -0.15) is 0 Å². The fraction of sp³-hybridized carbons (Fsp3) is 0.885. The summed E-state index contributed by atoms with van der Waals surface area (Å²) in [6.45, 7) is 18.4. The first kappa shape index (κ1) is 40.5. The number of aromatic nitrogens is 2. The number of aryl methyl sites for hydroxylation is 2. The molecule has 0 saturated carbocycles. The number of rotatable bonds is 15. The summed E-state index contributed by atoms with van der Waals surface area (Å²) in [7, 11) is -5.79. The number of imidazole rings is 1. The van der Waals surface area contributed by atoms with Gasteiger partial charge in [0.15, 0.2) is 0 Å². The van der Waals surface area contributed by atoms with Crippen LogP contribution in [0, 0.1) is 0 Å². The van der Waals surface area contributed by atoms with Crippen LogP contribution in [0.1, 0.15) is 98.8 Å². The number of nitrogens with zero attached hydrogens (tertiary/aromatic N) is 3. The Hall–Kier alpha value is -1.01. The first-order chi connectivity index (χ1) is 17.1. The quantitative estimate of drug-likeness (QED) is 0.174. The molecule has 37 heavy (non-hydrogen) atoms. The van der Waals surface area contributed by atoms with Gasteiger partial charge in [-0.25, -0.2) is 26.0 Å². The van der Waals surface area contributed by atoms with Crippen LogP contribution in [0.15, 0.2) is 18.7 Å². The van der Waals surface area contributed by atoms with Crippen LogP contribution in [-0.2, 0) is 33.8 Å². The van der Waals surface area contributed by atoms with Crippen molar-refractivity contribution in [2.24, 2.45) is 7.05 Å². The van der Waals surface area contributed by atoms with E-state index in [1.165, 1.54) is 94.9 Å². The SMILES string of the molecule is CCCC[N+](CCCC)(CCCC)CCCC.CCCCn1cc[n+](C)c1.CS(=O)(=O)[O-].CS(=O)(=O)[O-]. The maximum absolute atomic E-state index is 9.08. The molecule has 0 fully saturated rings. The van der Waals surface area contributed by atoms with E-state index in [2.05, 4.69) is 62.5 Å². The van der Waals surface area contributed by atoms with E-state index in [0.717, 1.165) is 6.54 Å². The average Bonchev–Trinajstić information content (AvgIpc) is 3.20. The molecule has 0 spiro atoms. The van der Waals surface area contributed by atoms with Gasteiger partial charge >= 0.3 is 0 Å². The van der Waals surface area contributed by atoms with Crippen LogP contribution in [-0.4, -0.2) is 73.7 Å². The molecule has 1 aromatic rings. The van der Waals surface area contributed by atoms with E-state index >= 15 is 0 Å². The highest BCUT2D eigenvalue weighted by Crippen LogP contribution is 2.16. The monoisotopic (exact) mass is 571 g/mol. The van der Waals surface area contributed by atoms with Crippen molar-refractivity contribution in [2.45, 2.75) is 105 Å². The Kier molecular flexibility index (Phi) is 26.3. The maximum atomic E-state index is 9.08. The van der Waals surface area contributed by atoms with Crippen LogP contribution < -0.4 is 4.57 Å². The largest absolute Gasteiger partial charge is 0.748 e. The third kappa shape index (κ3) is 37.2. The lowest BCUT2D eigenvalue weighted by molar-refractivity contribution is -0.929. The van der Waals surface area contributed by atoms with Crippen molar-refractivity contribution in [2.75, 3.05) is 38.7 Å². The van der Waals surface area contributed by atoms with E-state index in [0.29, 0.717) is 12.5 Å². The summed E-state index contributed by atoms with van der Waals surface area (Å²) >= 11 is 0. The highest BCUT2D eigenvalue weighted by molar-refractivity contribution is 7.85. The van der Waals surface area contributed by atoms with Crippen LogP contribution in [0.4, 0.5) is 0 Å². The van der Waals surface area contributed by atoms with Crippen molar-refractivity contribution >= 4 is 20.2 Å². The topological polar surface area (TPSA) is 123 Å². The number of quaternary nitrogens is 1. The van der Waals surface area contributed by atoms with E-state index in [4.69, 9.17) is 25.9 Å².